The number of nitrogens with zero attached hydrogens (tertiary/aromatic N) is 4. The van der Waals surface area contributed by atoms with Crippen molar-refractivity contribution in [2.75, 3.05) is 6.61 Å². The third kappa shape index (κ3) is 3.18. The number of hydrogen-bond acceptors (Lipinski definition) is 4. The van der Waals surface area contributed by atoms with Crippen molar-refractivity contribution < 1.29 is 4.74 Å². The molecule has 2 aromatic rings. The van der Waals surface area contributed by atoms with Gasteiger partial charge >= 0.3 is 0 Å². The van der Waals surface area contributed by atoms with Gasteiger partial charge in [-0.15, -0.1) is 16.6 Å². The van der Waals surface area contributed by atoms with Crippen LogP contribution >= 0.6 is 0 Å². The van der Waals surface area contributed by atoms with Crippen molar-refractivity contribution in [2.24, 2.45) is 5.10 Å². The maximum Gasteiger partial charge on any atom is 0.148 e. The molecule has 0 fully saturated rings. The van der Waals surface area contributed by atoms with E-state index in [2.05, 4.69) is 21.2 Å². The maximum absolute atomic E-state index is 5.30. The average Bonchev–Trinajstić information content (AvgIpc) is 2.87. The second-order valence-corrected chi connectivity index (χ2v) is 3.15. The van der Waals surface area contributed by atoms with Crippen LogP contribution in [0.5, 0.6) is 5.75 Å². The molecule has 0 saturated carbocycles. The maximum atomic E-state index is 5.30. The predicted molar refractivity (Wildman–Crippen MR) is 63.8 cm³/mol. The van der Waals surface area contributed by atoms with Gasteiger partial charge in [-0.3, -0.25) is 0 Å². The molecule has 0 amide bonds. The van der Waals surface area contributed by atoms with Gasteiger partial charge in [-0.25, -0.2) is 4.68 Å². The molecule has 0 aliphatic heterocycles. The van der Waals surface area contributed by atoms with Gasteiger partial charge in [0, 0.05) is 0 Å². The zero-order valence-electron chi connectivity index (χ0n) is 9.02. The van der Waals surface area contributed by atoms with Gasteiger partial charge in [0.15, 0.2) is 0 Å². The molecule has 1 aromatic heterocycles. The van der Waals surface area contributed by atoms with Gasteiger partial charge in [-0.2, -0.15) is 5.10 Å². The zero-order valence-corrected chi connectivity index (χ0v) is 9.02. The van der Waals surface area contributed by atoms with Crippen molar-refractivity contribution in [3.63, 3.8) is 0 Å². The molecule has 84 valence electrons. The number of terminal acetylenes is 1. The van der Waals surface area contributed by atoms with E-state index in [-0.39, 0.29) is 6.61 Å². The number of benzene rings is 1. The Labute approximate surface area is 98.8 Å². The lowest BCUT2D eigenvalue weighted by Crippen LogP contribution is -1.94. The van der Waals surface area contributed by atoms with Crippen LogP contribution in [-0.2, 0) is 0 Å². The number of aromatic nitrogens is 3. The van der Waals surface area contributed by atoms with E-state index in [1.165, 1.54) is 17.3 Å². The summed E-state index contributed by atoms with van der Waals surface area (Å²) in [6.45, 7) is 0.256. The zero-order chi connectivity index (χ0) is 11.9. The van der Waals surface area contributed by atoms with E-state index >= 15 is 0 Å². The van der Waals surface area contributed by atoms with Gasteiger partial charge in [-0.1, -0.05) is 18.1 Å². The lowest BCUT2D eigenvalue weighted by Gasteiger charge is -2.02. The molecular formula is C12H10N4O. The fraction of sp³-hybridized carbons (Fsp3) is 0.0833. The molecule has 0 unspecified atom stereocenters. The van der Waals surface area contributed by atoms with E-state index in [1.807, 2.05) is 24.3 Å². The SMILES string of the molecule is C#CCOc1cccc(/C=N/n2cnnc2)c1. The quantitative estimate of drug-likeness (QED) is 0.581. The van der Waals surface area contributed by atoms with Crippen molar-refractivity contribution in [1.29, 1.82) is 0 Å². The number of rotatable bonds is 4. The summed E-state index contributed by atoms with van der Waals surface area (Å²) in [6, 6.07) is 7.48. The van der Waals surface area contributed by atoms with E-state index in [9.17, 15) is 0 Å². The Morgan fingerprint density at radius 2 is 2.24 bits per heavy atom. The first-order valence-electron chi connectivity index (χ1n) is 4.94. The Morgan fingerprint density at radius 1 is 1.41 bits per heavy atom. The molecule has 1 heterocycles. The van der Waals surface area contributed by atoms with E-state index < -0.39 is 0 Å². The molecule has 0 saturated heterocycles. The summed E-state index contributed by atoms with van der Waals surface area (Å²) in [6.07, 6.45) is 9.82. The average molecular weight is 226 g/mol. The van der Waals surface area contributed by atoms with Crippen molar-refractivity contribution in [2.45, 2.75) is 0 Å². The lowest BCUT2D eigenvalue weighted by atomic mass is 10.2. The molecule has 5 nitrogen and oxygen atoms in total. The van der Waals surface area contributed by atoms with Crippen molar-refractivity contribution in [1.82, 2.24) is 14.9 Å². The second kappa shape index (κ2) is 5.47. The molecule has 1 aromatic carbocycles. The fourth-order valence-electron chi connectivity index (χ4n) is 1.20. The molecular weight excluding hydrogens is 216 g/mol. The minimum atomic E-state index is 0.256. The van der Waals surface area contributed by atoms with Gasteiger partial charge < -0.3 is 4.74 Å². The summed E-state index contributed by atoms with van der Waals surface area (Å²) >= 11 is 0. The topological polar surface area (TPSA) is 52.3 Å². The van der Waals surface area contributed by atoms with Gasteiger partial charge in [0.1, 0.15) is 25.0 Å². The minimum absolute atomic E-state index is 0.256. The molecule has 2 rings (SSSR count). The summed E-state index contributed by atoms with van der Waals surface area (Å²) in [4.78, 5) is 0. The summed E-state index contributed by atoms with van der Waals surface area (Å²) in [5, 5.41) is 11.4. The first-order valence-corrected chi connectivity index (χ1v) is 4.94. The first kappa shape index (κ1) is 10.9. The Morgan fingerprint density at radius 3 is 3.00 bits per heavy atom. The largest absolute Gasteiger partial charge is 0.481 e. The van der Waals surface area contributed by atoms with Crippen LogP contribution in [0.25, 0.3) is 0 Å². The first-order chi connectivity index (χ1) is 8.38. The minimum Gasteiger partial charge on any atom is -0.481 e. The highest BCUT2D eigenvalue weighted by Crippen LogP contribution is 2.11. The smallest absolute Gasteiger partial charge is 0.148 e. The van der Waals surface area contributed by atoms with Crippen molar-refractivity contribution >= 4 is 6.21 Å². The number of hydrogen-bond donors (Lipinski definition) is 0. The van der Waals surface area contributed by atoms with Crippen LogP contribution in [-0.4, -0.2) is 27.7 Å². The summed E-state index contributed by atoms with van der Waals surface area (Å²) in [5.41, 5.74) is 0.910. The normalized spacial score (nSPS) is 10.3. The molecule has 0 N–H and O–H groups in total. The molecule has 5 heteroatoms. The molecule has 0 aliphatic carbocycles. The van der Waals surface area contributed by atoms with Gasteiger partial charge in [0.05, 0.1) is 6.21 Å². The van der Waals surface area contributed by atoms with Crippen LogP contribution in [0.3, 0.4) is 0 Å². The third-order valence-corrected chi connectivity index (χ3v) is 1.93. The molecule has 0 spiro atoms. The van der Waals surface area contributed by atoms with Crippen LogP contribution in [0.15, 0.2) is 42.0 Å². The van der Waals surface area contributed by atoms with Crippen LogP contribution in [0.1, 0.15) is 5.56 Å². The van der Waals surface area contributed by atoms with Gasteiger partial charge in [0.25, 0.3) is 0 Å². The Hall–Kier alpha value is -2.61. The van der Waals surface area contributed by atoms with Crippen LogP contribution in [0, 0.1) is 12.3 Å². The third-order valence-electron chi connectivity index (χ3n) is 1.93. The van der Waals surface area contributed by atoms with E-state index in [0.717, 1.165) is 11.3 Å². The fourth-order valence-corrected chi connectivity index (χ4v) is 1.20. The Bertz CT molecular complexity index is 540. The standard InChI is InChI=1S/C12H10N4O/c1-2-6-17-12-5-3-4-11(7-12)8-15-16-9-13-14-10-16/h1,3-5,7-10H,6H2/b15-8+. The van der Waals surface area contributed by atoms with Gasteiger partial charge in [0.2, 0.25) is 0 Å². The van der Waals surface area contributed by atoms with Crippen LogP contribution in [0.4, 0.5) is 0 Å². The van der Waals surface area contributed by atoms with E-state index in [1.54, 1.807) is 6.21 Å². The molecule has 0 radical (unpaired) electrons. The van der Waals surface area contributed by atoms with Gasteiger partial charge in [-0.05, 0) is 17.7 Å². The Kier molecular flexibility index (Phi) is 3.50. The summed E-state index contributed by atoms with van der Waals surface area (Å²) in [5.74, 6) is 3.13. The lowest BCUT2D eigenvalue weighted by molar-refractivity contribution is 0.370. The molecule has 0 bridgehead atoms. The predicted octanol–water partition coefficient (Wildman–Crippen LogP) is 1.17. The Balaban J connectivity index is 2.09. The van der Waals surface area contributed by atoms with E-state index in [0.29, 0.717) is 0 Å². The summed E-state index contributed by atoms with van der Waals surface area (Å²) in [7, 11) is 0. The highest BCUT2D eigenvalue weighted by atomic mass is 16.5. The van der Waals surface area contributed by atoms with E-state index in [4.69, 9.17) is 11.2 Å². The summed E-state index contributed by atoms with van der Waals surface area (Å²) < 4.78 is 6.81. The highest BCUT2D eigenvalue weighted by molar-refractivity contribution is 5.80. The van der Waals surface area contributed by atoms with Crippen LogP contribution < -0.4 is 4.74 Å². The monoisotopic (exact) mass is 226 g/mol. The molecule has 0 atom stereocenters. The number of ether oxygens (including phenoxy) is 1. The molecule has 0 aliphatic rings. The van der Waals surface area contributed by atoms with Crippen molar-refractivity contribution in [3.8, 4) is 18.1 Å². The second-order valence-electron chi connectivity index (χ2n) is 3.15. The molecule has 17 heavy (non-hydrogen) atoms. The van der Waals surface area contributed by atoms with Crippen molar-refractivity contribution in [3.05, 3.63) is 42.5 Å². The highest BCUT2D eigenvalue weighted by Gasteiger charge is 1.94. The van der Waals surface area contributed by atoms with Crippen LogP contribution in [0.2, 0.25) is 0 Å².